The van der Waals surface area contributed by atoms with Crippen LogP contribution in [0.15, 0.2) is 54.6 Å². The van der Waals surface area contributed by atoms with Crippen molar-refractivity contribution in [3.63, 3.8) is 0 Å². The van der Waals surface area contributed by atoms with Crippen LogP contribution in [0.25, 0.3) is 10.9 Å². The Morgan fingerprint density at radius 3 is 2.50 bits per heavy atom. The second-order valence-electron chi connectivity index (χ2n) is 5.50. The number of carbonyl (C=O) groups excluding carboxylic acids is 2. The fourth-order valence-corrected chi connectivity index (χ4v) is 2.57. The zero-order valence-corrected chi connectivity index (χ0v) is 13.6. The third kappa shape index (κ3) is 3.04. The van der Waals surface area contributed by atoms with Crippen molar-refractivity contribution in [3.8, 4) is 0 Å². The lowest BCUT2D eigenvalue weighted by atomic mass is 9.99. The number of ketones is 1. The van der Waals surface area contributed by atoms with Gasteiger partial charge in [0.15, 0.2) is 11.5 Å². The van der Waals surface area contributed by atoms with E-state index in [4.69, 9.17) is 4.74 Å². The Labute approximate surface area is 140 Å². The first kappa shape index (κ1) is 15.9. The molecule has 3 aromatic rings. The zero-order chi connectivity index (χ0) is 17.1. The highest BCUT2D eigenvalue weighted by atomic mass is 16.5. The van der Waals surface area contributed by atoms with Gasteiger partial charge in [0, 0.05) is 10.9 Å². The number of carbonyl (C=O) groups is 2. The van der Waals surface area contributed by atoms with Gasteiger partial charge in [-0.15, -0.1) is 0 Å². The van der Waals surface area contributed by atoms with Gasteiger partial charge in [-0.25, -0.2) is 9.78 Å². The first-order chi connectivity index (χ1) is 11.6. The Bertz CT molecular complexity index is 917. The predicted molar refractivity (Wildman–Crippen MR) is 92.3 cm³/mol. The van der Waals surface area contributed by atoms with Gasteiger partial charge < -0.3 is 4.74 Å². The van der Waals surface area contributed by atoms with E-state index in [-0.39, 0.29) is 23.6 Å². The smallest absolute Gasteiger partial charge is 0.357 e. The average Bonchev–Trinajstić information content (AvgIpc) is 2.61. The summed E-state index contributed by atoms with van der Waals surface area (Å²) < 4.78 is 5.07. The summed E-state index contributed by atoms with van der Waals surface area (Å²) in [6, 6.07) is 16.3. The summed E-state index contributed by atoms with van der Waals surface area (Å²) >= 11 is 0. The average molecular weight is 319 g/mol. The van der Waals surface area contributed by atoms with Crippen molar-refractivity contribution < 1.29 is 14.3 Å². The van der Waals surface area contributed by atoms with E-state index in [1.165, 1.54) is 0 Å². The molecule has 24 heavy (non-hydrogen) atoms. The van der Waals surface area contributed by atoms with Crippen LogP contribution < -0.4 is 0 Å². The highest BCUT2D eigenvalue weighted by Gasteiger charge is 2.22. The molecule has 0 bridgehead atoms. The van der Waals surface area contributed by atoms with E-state index in [9.17, 15) is 9.59 Å². The van der Waals surface area contributed by atoms with Gasteiger partial charge in [-0.3, -0.25) is 4.79 Å². The van der Waals surface area contributed by atoms with Crippen LogP contribution >= 0.6 is 0 Å². The Balaban J connectivity index is 2.20. The van der Waals surface area contributed by atoms with E-state index in [0.29, 0.717) is 11.1 Å². The molecule has 0 amide bonds. The van der Waals surface area contributed by atoms with Gasteiger partial charge in [0.2, 0.25) is 0 Å². The fraction of sp³-hybridized carbons (Fsp3) is 0.150. The van der Waals surface area contributed by atoms with Crippen LogP contribution in [0.4, 0.5) is 0 Å². The molecule has 4 nitrogen and oxygen atoms in total. The fourth-order valence-electron chi connectivity index (χ4n) is 2.57. The van der Waals surface area contributed by atoms with Crippen LogP contribution in [0, 0.1) is 6.92 Å². The molecule has 3 rings (SSSR count). The lowest BCUT2D eigenvalue weighted by Gasteiger charge is -2.10. The molecule has 0 atom stereocenters. The van der Waals surface area contributed by atoms with Crippen LogP contribution in [0.1, 0.15) is 38.9 Å². The third-order valence-corrected chi connectivity index (χ3v) is 3.72. The molecule has 0 fully saturated rings. The summed E-state index contributed by atoms with van der Waals surface area (Å²) in [6.07, 6.45) is 0. The topological polar surface area (TPSA) is 56.3 Å². The van der Waals surface area contributed by atoms with Crippen molar-refractivity contribution >= 4 is 22.7 Å². The van der Waals surface area contributed by atoms with E-state index in [1.54, 1.807) is 37.3 Å². The number of benzene rings is 2. The number of esters is 1. The number of fused-ring (bicyclic) bond motifs is 1. The molecule has 0 aliphatic rings. The van der Waals surface area contributed by atoms with Gasteiger partial charge in [0.05, 0.1) is 17.7 Å². The molecule has 1 heterocycles. The summed E-state index contributed by atoms with van der Waals surface area (Å²) in [6.45, 7) is 3.92. The number of aromatic nitrogens is 1. The Hall–Kier alpha value is -3.01. The highest BCUT2D eigenvalue weighted by Crippen LogP contribution is 2.21. The minimum absolute atomic E-state index is 0.0575. The number of hydrogen-bond acceptors (Lipinski definition) is 4. The summed E-state index contributed by atoms with van der Waals surface area (Å²) in [7, 11) is 0. The second kappa shape index (κ2) is 6.62. The van der Waals surface area contributed by atoms with Crippen molar-refractivity contribution in [1.29, 1.82) is 0 Å². The van der Waals surface area contributed by atoms with Crippen LogP contribution in [0.2, 0.25) is 0 Å². The van der Waals surface area contributed by atoms with Gasteiger partial charge in [-0.1, -0.05) is 42.0 Å². The Morgan fingerprint density at radius 1 is 1.04 bits per heavy atom. The maximum Gasteiger partial charge on any atom is 0.357 e. The van der Waals surface area contributed by atoms with E-state index in [1.807, 2.05) is 31.2 Å². The number of rotatable bonds is 4. The molecule has 2 aromatic carbocycles. The van der Waals surface area contributed by atoms with Crippen LogP contribution in [-0.4, -0.2) is 23.3 Å². The maximum atomic E-state index is 12.9. The molecule has 0 N–H and O–H groups in total. The van der Waals surface area contributed by atoms with Gasteiger partial charge in [-0.2, -0.15) is 0 Å². The molecule has 1 aromatic heterocycles. The molecule has 120 valence electrons. The SMILES string of the molecule is CCOC(=O)c1nc2ccc(C)cc2cc1C(=O)c1ccccc1. The van der Waals surface area contributed by atoms with E-state index in [2.05, 4.69) is 4.98 Å². The van der Waals surface area contributed by atoms with Crippen LogP contribution in [0.5, 0.6) is 0 Å². The van der Waals surface area contributed by atoms with Crippen molar-refractivity contribution in [1.82, 2.24) is 4.98 Å². The summed E-state index contributed by atoms with van der Waals surface area (Å²) in [4.78, 5) is 29.5. The number of aryl methyl sites for hydroxylation is 1. The number of ether oxygens (including phenoxy) is 1. The molecule has 0 aliphatic heterocycles. The Kier molecular flexibility index (Phi) is 4.38. The minimum atomic E-state index is -0.584. The molecule has 0 spiro atoms. The number of pyridine rings is 1. The van der Waals surface area contributed by atoms with Gasteiger partial charge in [0.25, 0.3) is 0 Å². The minimum Gasteiger partial charge on any atom is -0.461 e. The lowest BCUT2D eigenvalue weighted by molar-refractivity contribution is 0.0517. The third-order valence-electron chi connectivity index (χ3n) is 3.72. The highest BCUT2D eigenvalue weighted by molar-refractivity contribution is 6.15. The normalized spacial score (nSPS) is 10.6. The standard InChI is InChI=1S/C20H17NO3/c1-3-24-20(23)18-16(19(22)14-7-5-4-6-8-14)12-15-11-13(2)9-10-17(15)21-18/h4-12H,3H2,1-2H3. The van der Waals surface area contributed by atoms with Gasteiger partial charge in [-0.05, 0) is 32.0 Å². The van der Waals surface area contributed by atoms with E-state index < -0.39 is 5.97 Å². The molecule has 0 saturated carbocycles. The van der Waals surface area contributed by atoms with Crippen molar-refractivity contribution in [2.45, 2.75) is 13.8 Å². The molecule has 0 unspecified atom stereocenters. The van der Waals surface area contributed by atoms with Crippen LogP contribution in [-0.2, 0) is 4.74 Å². The maximum absolute atomic E-state index is 12.9. The van der Waals surface area contributed by atoms with Gasteiger partial charge in [0.1, 0.15) is 0 Å². The van der Waals surface area contributed by atoms with Crippen molar-refractivity contribution in [2.75, 3.05) is 6.61 Å². The monoisotopic (exact) mass is 319 g/mol. The quantitative estimate of drug-likeness (QED) is 0.540. The largest absolute Gasteiger partial charge is 0.461 e. The summed E-state index contributed by atoms with van der Waals surface area (Å²) in [5, 5.41) is 0.822. The molecule has 0 radical (unpaired) electrons. The number of hydrogen-bond donors (Lipinski definition) is 0. The summed E-state index contributed by atoms with van der Waals surface area (Å²) in [5.41, 5.74) is 2.55. The molecule has 4 heteroatoms. The summed E-state index contributed by atoms with van der Waals surface area (Å²) in [5.74, 6) is -0.825. The molecular formula is C20H17NO3. The molecular weight excluding hydrogens is 302 g/mol. The predicted octanol–water partition coefficient (Wildman–Crippen LogP) is 3.95. The van der Waals surface area contributed by atoms with Crippen molar-refractivity contribution in [3.05, 3.63) is 77.0 Å². The molecule has 0 saturated heterocycles. The second-order valence-corrected chi connectivity index (χ2v) is 5.50. The van der Waals surface area contributed by atoms with E-state index >= 15 is 0 Å². The molecule has 0 aliphatic carbocycles. The van der Waals surface area contributed by atoms with Crippen LogP contribution in [0.3, 0.4) is 0 Å². The first-order valence-electron chi connectivity index (χ1n) is 7.78. The lowest BCUT2D eigenvalue weighted by Crippen LogP contribution is -2.15. The van der Waals surface area contributed by atoms with Gasteiger partial charge >= 0.3 is 5.97 Å². The Morgan fingerprint density at radius 2 is 1.79 bits per heavy atom. The number of nitrogens with zero attached hydrogens (tertiary/aromatic N) is 1. The van der Waals surface area contributed by atoms with E-state index in [0.717, 1.165) is 10.9 Å². The zero-order valence-electron chi connectivity index (χ0n) is 13.6. The van der Waals surface area contributed by atoms with Crippen molar-refractivity contribution in [2.24, 2.45) is 0 Å². The first-order valence-corrected chi connectivity index (χ1v) is 7.78.